The number of benzene rings is 1. The minimum Gasteiger partial charge on any atom is -0.335 e. The van der Waals surface area contributed by atoms with Gasteiger partial charge in [0.25, 0.3) is 0 Å². The van der Waals surface area contributed by atoms with Gasteiger partial charge in [-0.15, -0.1) is 0 Å². The first-order valence-corrected chi connectivity index (χ1v) is 16.5. The van der Waals surface area contributed by atoms with Gasteiger partial charge in [0.15, 0.2) is 0 Å². The van der Waals surface area contributed by atoms with Crippen LogP contribution in [0.5, 0.6) is 0 Å². The van der Waals surface area contributed by atoms with E-state index in [0.717, 1.165) is 29.3 Å². The van der Waals surface area contributed by atoms with Crippen molar-refractivity contribution in [2.45, 2.75) is 80.2 Å². The molecule has 0 aromatic heterocycles. The predicted molar refractivity (Wildman–Crippen MR) is 165 cm³/mol. The number of nitrogens with zero attached hydrogens (tertiary/aromatic N) is 1. The Labute approximate surface area is 239 Å². The largest absolute Gasteiger partial charge is 0.335 e. The smallest absolute Gasteiger partial charge is 0.0678 e. The summed E-state index contributed by atoms with van der Waals surface area (Å²) in [5, 5.41) is 1.53. The lowest BCUT2D eigenvalue weighted by molar-refractivity contribution is 0.192. The molecule has 0 spiro atoms. The third kappa shape index (κ3) is 3.88. The quantitative estimate of drug-likeness (QED) is 0.358. The molecule has 1 aromatic rings. The molecule has 1 saturated heterocycles. The zero-order chi connectivity index (χ0) is 26.0. The third-order valence-electron chi connectivity index (χ3n) is 10.9. The molecule has 1 aromatic carbocycles. The van der Waals surface area contributed by atoms with E-state index in [1.807, 2.05) is 5.57 Å². The normalized spacial score (nSPS) is 40.1. The molecular formula is C37H41NS. The molecular weight excluding hydrogens is 490 g/mol. The molecule has 7 aliphatic rings. The van der Waals surface area contributed by atoms with E-state index < -0.39 is 0 Å². The van der Waals surface area contributed by atoms with Gasteiger partial charge in [0.1, 0.15) is 0 Å². The van der Waals surface area contributed by atoms with Crippen LogP contribution >= 0.6 is 11.8 Å². The zero-order valence-electron chi connectivity index (χ0n) is 23.2. The number of hydrogen-bond donors (Lipinski definition) is 0. The molecule has 5 aliphatic carbocycles. The maximum absolute atomic E-state index is 2.87. The Kier molecular flexibility index (Phi) is 5.98. The molecule has 0 bridgehead atoms. The van der Waals surface area contributed by atoms with Gasteiger partial charge in [-0.25, -0.2) is 0 Å². The van der Waals surface area contributed by atoms with Crippen LogP contribution in [0, 0.1) is 23.7 Å². The van der Waals surface area contributed by atoms with Gasteiger partial charge in [-0.2, -0.15) is 11.8 Å². The fraction of sp³-hybridized carbons (Fsp3) is 0.459. The molecule has 200 valence electrons. The van der Waals surface area contributed by atoms with E-state index in [-0.39, 0.29) is 5.54 Å². The monoisotopic (exact) mass is 531 g/mol. The van der Waals surface area contributed by atoms with Crippen LogP contribution in [-0.2, 0) is 0 Å². The summed E-state index contributed by atoms with van der Waals surface area (Å²) in [6.45, 7) is 2.59. The molecule has 8 unspecified atom stereocenters. The first-order valence-electron chi connectivity index (χ1n) is 15.5. The summed E-state index contributed by atoms with van der Waals surface area (Å²) in [6.07, 6.45) is 35.0. The van der Waals surface area contributed by atoms with E-state index in [1.165, 1.54) is 49.8 Å². The molecule has 39 heavy (non-hydrogen) atoms. The highest BCUT2D eigenvalue weighted by molar-refractivity contribution is 8.00. The highest BCUT2D eigenvalue weighted by atomic mass is 32.2. The molecule has 8 rings (SSSR count). The molecule has 0 amide bonds. The molecule has 1 fully saturated rings. The van der Waals surface area contributed by atoms with E-state index in [9.17, 15) is 0 Å². The summed E-state index contributed by atoms with van der Waals surface area (Å²) < 4.78 is 0. The fourth-order valence-electron chi connectivity index (χ4n) is 9.13. The summed E-state index contributed by atoms with van der Waals surface area (Å²) in [7, 11) is 0. The Morgan fingerprint density at radius 3 is 2.69 bits per heavy atom. The van der Waals surface area contributed by atoms with Crippen LogP contribution in [0.4, 0.5) is 0 Å². The topological polar surface area (TPSA) is 3.24 Å². The SMILES string of the molecule is CC12C=CC3C4C=CCCC4SC3C1C1=C(CCCC1)N2C1=CC(c2ccccc2)CC(C2C=CC=CC2)=C1. The van der Waals surface area contributed by atoms with Crippen LogP contribution in [0.3, 0.4) is 0 Å². The standard InChI is InChI=1S/C37H41NS/c1-37-21-20-31-30-16-9-11-19-34(30)39-36(31)35(37)32-17-8-10-18-33(32)38(37)29-23-27(25-12-4-2-5-13-25)22-28(24-29)26-14-6-3-7-15-26/h2-7,9,12-14,16,20-21,23-24,26-27,30-31,34-36H,8,10-11,15,17-19,22H2,1H3. The second-order valence-corrected chi connectivity index (χ2v) is 14.5. The molecule has 2 heteroatoms. The highest BCUT2D eigenvalue weighted by Gasteiger charge is 2.59. The van der Waals surface area contributed by atoms with Gasteiger partial charge >= 0.3 is 0 Å². The number of hydrogen-bond acceptors (Lipinski definition) is 2. The van der Waals surface area contributed by atoms with Gasteiger partial charge < -0.3 is 4.90 Å². The molecule has 2 heterocycles. The summed E-state index contributed by atoms with van der Waals surface area (Å²) in [6, 6.07) is 11.3. The van der Waals surface area contributed by atoms with Gasteiger partial charge in [-0.1, -0.05) is 90.6 Å². The van der Waals surface area contributed by atoms with Crippen LogP contribution in [0.1, 0.15) is 69.8 Å². The van der Waals surface area contributed by atoms with Gasteiger partial charge in [-0.05, 0) is 87.3 Å². The molecule has 2 aliphatic heterocycles. The Bertz CT molecular complexity index is 1350. The summed E-state index contributed by atoms with van der Waals surface area (Å²) >= 11 is 2.36. The van der Waals surface area contributed by atoms with E-state index >= 15 is 0 Å². The molecule has 0 radical (unpaired) electrons. The first kappa shape index (κ1) is 24.4. The van der Waals surface area contributed by atoms with Crippen LogP contribution in [-0.4, -0.2) is 20.9 Å². The van der Waals surface area contributed by atoms with Crippen molar-refractivity contribution in [1.29, 1.82) is 0 Å². The molecule has 8 atom stereocenters. The van der Waals surface area contributed by atoms with Crippen molar-refractivity contribution < 1.29 is 0 Å². The highest BCUT2D eigenvalue weighted by Crippen LogP contribution is 2.63. The number of fused-ring (bicyclic) bond motifs is 6. The summed E-state index contributed by atoms with van der Waals surface area (Å²) in [5.41, 5.74) is 8.06. The lowest BCUT2D eigenvalue weighted by Gasteiger charge is -2.47. The van der Waals surface area contributed by atoms with E-state index in [2.05, 4.69) is 115 Å². The van der Waals surface area contributed by atoms with Gasteiger partial charge in [-0.3, -0.25) is 0 Å². The van der Waals surface area contributed by atoms with Crippen molar-refractivity contribution in [3.63, 3.8) is 0 Å². The zero-order valence-corrected chi connectivity index (χ0v) is 24.0. The van der Waals surface area contributed by atoms with Crippen molar-refractivity contribution in [2.24, 2.45) is 23.7 Å². The van der Waals surface area contributed by atoms with Crippen LogP contribution in [0.2, 0.25) is 0 Å². The second kappa shape index (κ2) is 9.58. The molecule has 1 nitrogen and oxygen atoms in total. The Morgan fingerprint density at radius 2 is 1.82 bits per heavy atom. The Morgan fingerprint density at radius 1 is 0.923 bits per heavy atom. The van der Waals surface area contributed by atoms with E-state index in [0.29, 0.717) is 23.7 Å². The van der Waals surface area contributed by atoms with Gasteiger partial charge in [0.2, 0.25) is 0 Å². The average molecular weight is 532 g/mol. The maximum atomic E-state index is 2.87. The van der Waals surface area contributed by atoms with Crippen LogP contribution < -0.4 is 0 Å². The van der Waals surface area contributed by atoms with Gasteiger partial charge in [0.05, 0.1) is 5.54 Å². The first-order chi connectivity index (χ1) is 19.2. The van der Waals surface area contributed by atoms with Crippen molar-refractivity contribution in [1.82, 2.24) is 4.90 Å². The third-order valence-corrected chi connectivity index (χ3v) is 12.7. The molecule has 0 saturated carbocycles. The summed E-state index contributed by atoms with van der Waals surface area (Å²) in [5.74, 6) is 3.03. The lowest BCUT2D eigenvalue weighted by Crippen LogP contribution is -2.51. The fourth-order valence-corrected chi connectivity index (χ4v) is 11.3. The maximum Gasteiger partial charge on any atom is 0.0678 e. The van der Waals surface area contributed by atoms with Crippen molar-refractivity contribution in [2.75, 3.05) is 0 Å². The minimum atomic E-state index is 0.0364. The average Bonchev–Trinajstić information content (AvgIpc) is 3.50. The Balaban J connectivity index is 1.24. The number of allylic oxidation sites excluding steroid dienone is 11. The van der Waals surface area contributed by atoms with Crippen LogP contribution in [0.25, 0.3) is 0 Å². The van der Waals surface area contributed by atoms with E-state index in [1.54, 1.807) is 11.3 Å². The van der Waals surface area contributed by atoms with Crippen molar-refractivity contribution >= 4 is 11.8 Å². The Hall–Kier alpha value is -2.45. The number of thioether (sulfide) groups is 1. The second-order valence-electron chi connectivity index (χ2n) is 13.1. The van der Waals surface area contributed by atoms with Crippen LogP contribution in [0.15, 0.2) is 114 Å². The minimum absolute atomic E-state index is 0.0364. The predicted octanol–water partition coefficient (Wildman–Crippen LogP) is 9.27. The number of rotatable bonds is 3. The van der Waals surface area contributed by atoms with Crippen molar-refractivity contribution in [3.8, 4) is 0 Å². The summed E-state index contributed by atoms with van der Waals surface area (Å²) in [4.78, 5) is 2.87. The van der Waals surface area contributed by atoms with E-state index in [4.69, 9.17) is 0 Å². The molecule has 0 N–H and O–H groups in total. The van der Waals surface area contributed by atoms with Crippen molar-refractivity contribution in [3.05, 3.63) is 119 Å². The van der Waals surface area contributed by atoms with Gasteiger partial charge in [0, 0.05) is 39.6 Å². The lowest BCUT2D eigenvalue weighted by atomic mass is 9.67.